The number of unbranched alkanes of at least 4 members (excludes halogenated alkanes) is 12. The van der Waals surface area contributed by atoms with E-state index in [0.29, 0.717) is 15.8 Å². The van der Waals surface area contributed by atoms with Crippen LogP contribution in [0.4, 0.5) is 0 Å². The minimum Gasteiger partial charge on any atom is -0.106 e. The van der Waals surface area contributed by atoms with Gasteiger partial charge in [0.25, 0.3) is 0 Å². The molecule has 0 spiro atoms. The average molecular weight is 431 g/mol. The molecule has 0 rings (SSSR count). The van der Waals surface area contributed by atoms with Gasteiger partial charge in [-0.05, 0) is 62.7 Å². The third-order valence-corrected chi connectivity index (χ3v) is 11.9. The molecule has 0 amide bonds. The van der Waals surface area contributed by atoms with E-state index < -0.39 is 0 Å². The van der Waals surface area contributed by atoms with Crippen LogP contribution in [-0.2, 0) is 0 Å². The molecule has 0 aliphatic rings. The van der Waals surface area contributed by atoms with Crippen LogP contribution in [0.5, 0.6) is 0 Å². The van der Waals surface area contributed by atoms with Crippen LogP contribution in [0.15, 0.2) is 0 Å². The molecule has 0 saturated carbocycles. The van der Waals surface area contributed by atoms with Gasteiger partial charge < -0.3 is 0 Å². The molecule has 0 N–H and O–H groups in total. The van der Waals surface area contributed by atoms with Gasteiger partial charge in [-0.1, -0.05) is 105 Å². The first kappa shape index (κ1) is 28.9. The van der Waals surface area contributed by atoms with Crippen molar-refractivity contribution in [2.45, 2.75) is 130 Å². The van der Waals surface area contributed by atoms with E-state index >= 15 is 0 Å². The zero-order valence-electron chi connectivity index (χ0n) is 20.5. The minimum absolute atomic E-state index is 0.346. The van der Waals surface area contributed by atoms with Crippen molar-refractivity contribution >= 4 is 15.8 Å². The first-order chi connectivity index (χ1) is 13.8. The van der Waals surface area contributed by atoms with Gasteiger partial charge in [0.2, 0.25) is 0 Å². The molecule has 0 nitrogen and oxygen atoms in total. The normalized spacial score (nSPS) is 11.8. The minimum atomic E-state index is 0.346. The van der Waals surface area contributed by atoms with Gasteiger partial charge in [0.1, 0.15) is 0 Å². The molecular weight excluding hydrogens is 374 g/mol. The lowest BCUT2D eigenvalue weighted by atomic mass is 10.2. The summed E-state index contributed by atoms with van der Waals surface area (Å²) in [4.78, 5) is 0. The lowest BCUT2D eigenvalue weighted by molar-refractivity contribution is 0.694. The molecule has 0 bridgehead atoms. The van der Waals surface area contributed by atoms with Crippen LogP contribution in [0.3, 0.4) is 0 Å². The second kappa shape index (κ2) is 24.1. The van der Waals surface area contributed by atoms with Gasteiger partial charge in [-0.15, -0.1) is 15.8 Å². The molecule has 2 heteroatoms. The maximum Gasteiger partial charge on any atom is -0.0286 e. The van der Waals surface area contributed by atoms with E-state index in [9.17, 15) is 0 Å². The zero-order valence-corrected chi connectivity index (χ0v) is 22.2. The topological polar surface area (TPSA) is 0 Å². The summed E-state index contributed by atoms with van der Waals surface area (Å²) in [6, 6.07) is 0. The maximum absolute atomic E-state index is 2.35. The maximum atomic E-state index is 2.35. The molecule has 0 fully saturated rings. The molecule has 0 heterocycles. The van der Waals surface area contributed by atoms with Crippen molar-refractivity contribution < 1.29 is 0 Å². The van der Waals surface area contributed by atoms with Crippen molar-refractivity contribution in [2.24, 2.45) is 0 Å². The highest BCUT2D eigenvalue weighted by Crippen LogP contribution is 2.45. The molecule has 0 radical (unpaired) electrons. The lowest BCUT2D eigenvalue weighted by Gasteiger charge is -2.23. The second-order valence-electron chi connectivity index (χ2n) is 8.93. The molecule has 0 aromatic heterocycles. The Morgan fingerprint density at radius 1 is 0.286 bits per heavy atom. The average Bonchev–Trinajstić information content (AvgIpc) is 2.71. The summed E-state index contributed by atoms with van der Waals surface area (Å²) in [7, 11) is 0.693. The van der Waals surface area contributed by atoms with Crippen LogP contribution in [0.25, 0.3) is 0 Å². The largest absolute Gasteiger partial charge is 0.106 e. The summed E-state index contributed by atoms with van der Waals surface area (Å²) in [5.41, 5.74) is 0. The molecule has 0 aliphatic heterocycles. The number of hydrogen-bond donors (Lipinski definition) is 0. The van der Waals surface area contributed by atoms with E-state index in [0.717, 1.165) is 0 Å². The van der Waals surface area contributed by atoms with Crippen molar-refractivity contribution in [2.75, 3.05) is 37.0 Å². The smallest absolute Gasteiger partial charge is 0.0286 e. The van der Waals surface area contributed by atoms with Crippen LogP contribution >= 0.6 is 15.8 Å². The fourth-order valence-electron chi connectivity index (χ4n) is 4.00. The monoisotopic (exact) mass is 430 g/mol. The van der Waals surface area contributed by atoms with Gasteiger partial charge in [-0.3, -0.25) is 0 Å². The third-order valence-electron chi connectivity index (χ3n) is 6.04. The molecule has 170 valence electrons. The quantitative estimate of drug-likeness (QED) is 0.112. The Morgan fingerprint density at radius 3 is 0.750 bits per heavy atom. The van der Waals surface area contributed by atoms with Gasteiger partial charge in [0.05, 0.1) is 0 Å². The summed E-state index contributed by atoms with van der Waals surface area (Å²) in [6.45, 7) is 9.38. The first-order valence-electron chi connectivity index (χ1n) is 13.2. The van der Waals surface area contributed by atoms with E-state index in [1.165, 1.54) is 103 Å². The van der Waals surface area contributed by atoms with Gasteiger partial charge in [0.15, 0.2) is 0 Å². The highest BCUT2D eigenvalue weighted by molar-refractivity contribution is 7.61. The Hall–Kier alpha value is 0.860. The predicted molar refractivity (Wildman–Crippen MR) is 140 cm³/mol. The summed E-state index contributed by atoms with van der Waals surface area (Å²) >= 11 is 0. The molecule has 0 aromatic carbocycles. The van der Waals surface area contributed by atoms with Gasteiger partial charge in [-0.2, -0.15) is 0 Å². The van der Waals surface area contributed by atoms with E-state index in [1.807, 2.05) is 0 Å². The highest BCUT2D eigenvalue weighted by Gasteiger charge is 2.13. The van der Waals surface area contributed by atoms with Crippen LogP contribution in [0, 0.1) is 0 Å². The Bertz CT molecular complexity index is 228. The molecular formula is C26H56P2. The van der Waals surface area contributed by atoms with E-state index in [4.69, 9.17) is 0 Å². The zero-order chi connectivity index (χ0) is 20.7. The molecule has 0 unspecified atom stereocenters. The highest BCUT2D eigenvalue weighted by atomic mass is 31.1. The third kappa shape index (κ3) is 20.1. The summed E-state index contributed by atoms with van der Waals surface area (Å²) in [6.07, 6.45) is 33.1. The summed E-state index contributed by atoms with van der Waals surface area (Å²) in [5.74, 6) is 0. The van der Waals surface area contributed by atoms with Crippen molar-refractivity contribution in [1.82, 2.24) is 0 Å². The summed E-state index contributed by atoms with van der Waals surface area (Å²) < 4.78 is 0. The van der Waals surface area contributed by atoms with Gasteiger partial charge in [0, 0.05) is 0 Å². The van der Waals surface area contributed by atoms with E-state index in [1.54, 1.807) is 37.0 Å². The Balaban J connectivity index is 4.33. The van der Waals surface area contributed by atoms with Crippen LogP contribution in [0.1, 0.15) is 130 Å². The number of hydrogen-bond acceptors (Lipinski definition) is 0. The van der Waals surface area contributed by atoms with Crippen molar-refractivity contribution in [3.63, 3.8) is 0 Å². The van der Waals surface area contributed by atoms with E-state index in [2.05, 4.69) is 27.7 Å². The number of rotatable bonds is 23. The van der Waals surface area contributed by atoms with Crippen molar-refractivity contribution in [3.8, 4) is 0 Å². The fourth-order valence-corrected chi connectivity index (χ4v) is 10.3. The molecule has 0 aliphatic carbocycles. The molecule has 28 heavy (non-hydrogen) atoms. The Morgan fingerprint density at radius 2 is 0.536 bits per heavy atom. The SMILES string of the molecule is CCCCCCP(CCCCCC)CCP(CCCCCC)CCCCCC. The fraction of sp³-hybridized carbons (Fsp3) is 1.00. The first-order valence-corrected chi connectivity index (χ1v) is 17.0. The van der Waals surface area contributed by atoms with Crippen LogP contribution < -0.4 is 0 Å². The predicted octanol–water partition coefficient (Wildman–Crippen LogP) is 10.3. The lowest BCUT2D eigenvalue weighted by Crippen LogP contribution is -2.03. The van der Waals surface area contributed by atoms with Crippen LogP contribution in [-0.4, -0.2) is 37.0 Å². The van der Waals surface area contributed by atoms with Gasteiger partial charge in [-0.25, -0.2) is 0 Å². The standard InChI is InChI=1S/C26H56P2/c1-5-9-13-17-21-27(22-18-14-10-6-2)25-26-28(23-19-15-11-7-3)24-20-16-12-8-4/h5-26H2,1-4H3. The molecule has 0 saturated heterocycles. The van der Waals surface area contributed by atoms with Crippen molar-refractivity contribution in [1.29, 1.82) is 0 Å². The molecule has 0 aromatic rings. The second-order valence-corrected chi connectivity index (χ2v) is 14.3. The van der Waals surface area contributed by atoms with Gasteiger partial charge >= 0.3 is 0 Å². The Labute approximate surface area is 183 Å². The molecule has 0 atom stereocenters. The van der Waals surface area contributed by atoms with E-state index in [-0.39, 0.29) is 0 Å². The summed E-state index contributed by atoms with van der Waals surface area (Å²) in [5, 5.41) is 0. The van der Waals surface area contributed by atoms with Crippen LogP contribution in [0.2, 0.25) is 0 Å². The van der Waals surface area contributed by atoms with Crippen molar-refractivity contribution in [3.05, 3.63) is 0 Å². The Kier molecular flexibility index (Phi) is 24.9.